The second-order valence-electron chi connectivity index (χ2n) is 6.45. The Labute approximate surface area is 187 Å². The maximum absolute atomic E-state index is 13.2. The monoisotopic (exact) mass is 453 g/mol. The molecule has 0 radical (unpaired) electrons. The fourth-order valence-corrected chi connectivity index (χ4v) is 2.61. The van der Waals surface area contributed by atoms with Gasteiger partial charge in [0, 0.05) is 10.6 Å². The minimum Gasteiger partial charge on any atom is -0.423 e. The van der Waals surface area contributed by atoms with Crippen molar-refractivity contribution in [2.75, 3.05) is 6.54 Å². The fraction of sp³-hybridized carbons (Fsp3) is 0.0435. The summed E-state index contributed by atoms with van der Waals surface area (Å²) in [6.45, 7) is -0.256. The van der Waals surface area contributed by atoms with E-state index in [1.807, 2.05) is 0 Å². The first-order valence-corrected chi connectivity index (χ1v) is 9.72. The zero-order valence-corrected chi connectivity index (χ0v) is 17.3. The first-order chi connectivity index (χ1) is 15.4. The number of ether oxygens (including phenoxy) is 1. The summed E-state index contributed by atoms with van der Waals surface area (Å²) in [7, 11) is 0. The van der Waals surface area contributed by atoms with Crippen LogP contribution in [0.2, 0.25) is 5.02 Å². The number of hydrogen-bond acceptors (Lipinski definition) is 5. The zero-order chi connectivity index (χ0) is 22.9. The van der Waals surface area contributed by atoms with Gasteiger partial charge in [-0.1, -0.05) is 17.7 Å². The molecule has 0 spiro atoms. The van der Waals surface area contributed by atoms with E-state index in [-0.39, 0.29) is 17.9 Å². The van der Waals surface area contributed by atoms with E-state index in [2.05, 4.69) is 15.8 Å². The van der Waals surface area contributed by atoms with E-state index >= 15 is 0 Å². The zero-order valence-electron chi connectivity index (χ0n) is 16.5. The molecular weight excluding hydrogens is 437 g/mol. The lowest BCUT2D eigenvalue weighted by atomic mass is 10.2. The van der Waals surface area contributed by atoms with Crippen molar-refractivity contribution in [3.05, 3.63) is 100 Å². The van der Waals surface area contributed by atoms with E-state index in [0.717, 1.165) is 6.07 Å². The summed E-state index contributed by atoms with van der Waals surface area (Å²) < 4.78 is 18.4. The number of nitrogens with zero attached hydrogens (tertiary/aromatic N) is 1. The lowest BCUT2D eigenvalue weighted by molar-refractivity contribution is -0.120. The Morgan fingerprint density at radius 1 is 0.969 bits per heavy atom. The molecule has 2 N–H and O–H groups in total. The Balaban J connectivity index is 1.45. The normalized spacial score (nSPS) is 10.6. The third-order valence-corrected chi connectivity index (χ3v) is 4.32. The highest BCUT2D eigenvalue weighted by molar-refractivity contribution is 6.30. The molecule has 0 saturated carbocycles. The number of halogens is 2. The summed E-state index contributed by atoms with van der Waals surface area (Å²) in [6.07, 6.45) is 1.39. The number of hydrogen-bond donors (Lipinski definition) is 2. The van der Waals surface area contributed by atoms with Gasteiger partial charge in [-0.2, -0.15) is 5.10 Å². The van der Waals surface area contributed by atoms with Gasteiger partial charge in [-0.3, -0.25) is 9.59 Å². The third kappa shape index (κ3) is 6.75. The van der Waals surface area contributed by atoms with Crippen molar-refractivity contribution in [2.24, 2.45) is 5.10 Å². The van der Waals surface area contributed by atoms with Crippen molar-refractivity contribution < 1.29 is 23.5 Å². The molecule has 0 unspecified atom stereocenters. The lowest BCUT2D eigenvalue weighted by Crippen LogP contribution is -2.34. The largest absolute Gasteiger partial charge is 0.423 e. The van der Waals surface area contributed by atoms with Crippen LogP contribution < -0.4 is 15.5 Å². The SMILES string of the molecule is O=C(CNC(=O)c1ccc(Cl)cc1)N/N=C\c1ccc(OC(=O)c2cccc(F)c2)cc1. The molecule has 0 fully saturated rings. The molecule has 0 saturated heterocycles. The first kappa shape index (κ1) is 22.6. The second-order valence-corrected chi connectivity index (χ2v) is 6.89. The van der Waals surface area contributed by atoms with Crippen LogP contribution in [0.4, 0.5) is 4.39 Å². The molecule has 0 aliphatic heterocycles. The molecule has 0 aliphatic rings. The molecule has 3 aromatic rings. The number of carbonyl (C=O) groups is 3. The van der Waals surface area contributed by atoms with Gasteiger partial charge in [-0.15, -0.1) is 0 Å². The highest BCUT2D eigenvalue weighted by Gasteiger charge is 2.09. The third-order valence-electron chi connectivity index (χ3n) is 4.07. The van der Waals surface area contributed by atoms with E-state index in [4.69, 9.17) is 16.3 Å². The summed E-state index contributed by atoms with van der Waals surface area (Å²) in [5.41, 5.74) is 3.40. The topological polar surface area (TPSA) is 96.9 Å². The van der Waals surface area contributed by atoms with Crippen LogP contribution in [-0.2, 0) is 4.79 Å². The summed E-state index contributed by atoms with van der Waals surface area (Å²) in [5.74, 6) is -1.87. The maximum Gasteiger partial charge on any atom is 0.343 e. The van der Waals surface area contributed by atoms with Gasteiger partial charge in [0.25, 0.3) is 11.8 Å². The van der Waals surface area contributed by atoms with Gasteiger partial charge in [0.15, 0.2) is 0 Å². The quantitative estimate of drug-likeness (QED) is 0.247. The van der Waals surface area contributed by atoms with E-state index < -0.39 is 23.6 Å². The Morgan fingerprint density at radius 3 is 2.38 bits per heavy atom. The van der Waals surface area contributed by atoms with Gasteiger partial charge >= 0.3 is 5.97 Å². The van der Waals surface area contributed by atoms with Crippen LogP contribution in [0.3, 0.4) is 0 Å². The Morgan fingerprint density at radius 2 is 1.69 bits per heavy atom. The van der Waals surface area contributed by atoms with Crippen LogP contribution in [-0.4, -0.2) is 30.5 Å². The van der Waals surface area contributed by atoms with Crippen molar-refractivity contribution in [3.8, 4) is 5.75 Å². The average Bonchev–Trinajstić information content (AvgIpc) is 2.79. The van der Waals surface area contributed by atoms with Gasteiger partial charge in [0.2, 0.25) is 0 Å². The predicted molar refractivity (Wildman–Crippen MR) is 117 cm³/mol. The molecule has 2 amide bonds. The molecule has 3 aromatic carbocycles. The van der Waals surface area contributed by atoms with Crippen LogP contribution >= 0.6 is 11.6 Å². The molecule has 0 aliphatic carbocycles. The van der Waals surface area contributed by atoms with E-state index in [1.54, 1.807) is 36.4 Å². The van der Waals surface area contributed by atoms with Crippen LogP contribution in [0.25, 0.3) is 0 Å². The molecule has 0 bridgehead atoms. The van der Waals surface area contributed by atoms with Gasteiger partial charge in [0.1, 0.15) is 11.6 Å². The van der Waals surface area contributed by atoms with E-state index in [9.17, 15) is 18.8 Å². The minimum atomic E-state index is -0.682. The average molecular weight is 454 g/mol. The molecule has 162 valence electrons. The summed E-state index contributed by atoms with van der Waals surface area (Å²) >= 11 is 5.77. The number of carbonyl (C=O) groups excluding carboxylic acids is 3. The summed E-state index contributed by atoms with van der Waals surface area (Å²) in [6, 6.07) is 17.7. The Hall–Kier alpha value is -4.04. The molecule has 0 aromatic heterocycles. The molecule has 32 heavy (non-hydrogen) atoms. The number of benzene rings is 3. The van der Waals surface area contributed by atoms with Gasteiger partial charge in [-0.25, -0.2) is 14.6 Å². The van der Waals surface area contributed by atoms with Crippen LogP contribution in [0, 0.1) is 5.82 Å². The first-order valence-electron chi connectivity index (χ1n) is 9.34. The van der Waals surface area contributed by atoms with Crippen molar-refractivity contribution >= 4 is 35.6 Å². The van der Waals surface area contributed by atoms with Crippen molar-refractivity contribution in [3.63, 3.8) is 0 Å². The Bertz CT molecular complexity index is 1150. The Kier molecular flexibility index (Phi) is 7.66. The van der Waals surface area contributed by atoms with E-state index in [1.165, 1.54) is 36.5 Å². The molecular formula is C23H17ClFN3O4. The predicted octanol–water partition coefficient (Wildman–Crippen LogP) is 3.58. The molecule has 0 heterocycles. The number of nitrogens with one attached hydrogen (secondary N) is 2. The second kappa shape index (κ2) is 10.8. The summed E-state index contributed by atoms with van der Waals surface area (Å²) in [5, 5.41) is 6.78. The number of rotatable bonds is 7. The smallest absolute Gasteiger partial charge is 0.343 e. The molecule has 9 heteroatoms. The highest BCUT2D eigenvalue weighted by Crippen LogP contribution is 2.14. The van der Waals surface area contributed by atoms with Gasteiger partial charge in [0.05, 0.1) is 18.3 Å². The van der Waals surface area contributed by atoms with Crippen LogP contribution in [0.5, 0.6) is 5.75 Å². The summed E-state index contributed by atoms with van der Waals surface area (Å²) in [4.78, 5) is 35.8. The van der Waals surface area contributed by atoms with Crippen LogP contribution in [0.15, 0.2) is 77.9 Å². The highest BCUT2D eigenvalue weighted by atomic mass is 35.5. The minimum absolute atomic E-state index is 0.0986. The number of esters is 1. The number of amides is 2. The lowest BCUT2D eigenvalue weighted by Gasteiger charge is -2.05. The van der Waals surface area contributed by atoms with Crippen LogP contribution in [0.1, 0.15) is 26.3 Å². The molecule has 7 nitrogen and oxygen atoms in total. The van der Waals surface area contributed by atoms with E-state index in [0.29, 0.717) is 16.1 Å². The standard InChI is InChI=1S/C23H17ClFN3O4/c24-18-8-6-16(7-9-18)22(30)26-14-21(29)28-27-13-15-4-10-20(11-5-15)32-23(31)17-2-1-3-19(25)12-17/h1-13H,14H2,(H,26,30)(H,28,29)/b27-13-. The molecule has 3 rings (SSSR count). The van der Waals surface area contributed by atoms with Gasteiger partial charge in [-0.05, 0) is 72.3 Å². The van der Waals surface area contributed by atoms with Gasteiger partial charge < -0.3 is 10.1 Å². The number of hydrazone groups is 1. The maximum atomic E-state index is 13.2. The molecule has 0 atom stereocenters. The van der Waals surface area contributed by atoms with Crippen molar-refractivity contribution in [2.45, 2.75) is 0 Å². The fourth-order valence-electron chi connectivity index (χ4n) is 2.49. The van der Waals surface area contributed by atoms with Crippen molar-refractivity contribution in [1.29, 1.82) is 0 Å². The van der Waals surface area contributed by atoms with Crippen molar-refractivity contribution in [1.82, 2.24) is 10.7 Å².